The van der Waals surface area contributed by atoms with Crippen molar-refractivity contribution in [3.63, 3.8) is 0 Å². The molecule has 1 fully saturated rings. The van der Waals surface area contributed by atoms with Crippen molar-refractivity contribution in [3.8, 4) is 0 Å². The first-order valence-electron chi connectivity index (χ1n) is 12.7. The molecule has 43 heavy (non-hydrogen) atoms. The van der Waals surface area contributed by atoms with E-state index in [1.165, 1.54) is 24.3 Å². The second-order valence-electron chi connectivity index (χ2n) is 9.80. The van der Waals surface area contributed by atoms with Crippen molar-refractivity contribution in [3.05, 3.63) is 109 Å². The van der Waals surface area contributed by atoms with Crippen LogP contribution in [-0.4, -0.2) is 27.5 Å². The first kappa shape index (κ1) is 29.1. The van der Waals surface area contributed by atoms with E-state index in [0.29, 0.717) is 15.5 Å². The van der Waals surface area contributed by atoms with Gasteiger partial charge in [-0.1, -0.05) is 59.0 Å². The van der Waals surface area contributed by atoms with Gasteiger partial charge >= 0.3 is 11.0 Å². The number of thioether (sulfide) groups is 1. The average molecular weight is 648 g/mol. The monoisotopic (exact) mass is 647 g/mol. The van der Waals surface area contributed by atoms with Crippen LogP contribution in [0, 0.1) is 11.7 Å². The second kappa shape index (κ2) is 11.0. The van der Waals surface area contributed by atoms with E-state index in [2.05, 4.69) is 5.32 Å². The standard InChI is InChI=1S/C29H18ClF4N3O4S2/c30-15-7-5-14(6-8-15)21-22-23(26(40)37(25(22)39)17-11-9-16(31)10-12-17)42-27-24(21)43-28(41)36(27)13-20(38)35-19-4-2-1-3-18(19)29(32,33)34/h1-12,21-23H,13H2,(H,35,38)/t21-,22-,23+/m0/s1. The molecule has 3 amide bonds. The van der Waals surface area contributed by atoms with E-state index >= 15 is 0 Å². The third kappa shape index (κ3) is 5.25. The molecule has 3 aromatic carbocycles. The number of aromatic nitrogens is 1. The van der Waals surface area contributed by atoms with Crippen molar-refractivity contribution in [2.75, 3.05) is 10.2 Å². The Balaban J connectivity index is 1.39. The van der Waals surface area contributed by atoms with Gasteiger partial charge in [0.2, 0.25) is 17.7 Å². The Morgan fingerprint density at radius 2 is 1.60 bits per heavy atom. The Kier molecular flexibility index (Phi) is 7.43. The van der Waals surface area contributed by atoms with Crippen LogP contribution in [0.5, 0.6) is 0 Å². The molecule has 14 heteroatoms. The molecule has 4 aromatic rings. The van der Waals surface area contributed by atoms with E-state index < -0.39 is 69.5 Å². The van der Waals surface area contributed by atoms with Crippen LogP contribution in [0.2, 0.25) is 5.02 Å². The molecule has 1 N–H and O–H groups in total. The van der Waals surface area contributed by atoms with Crippen LogP contribution in [0.3, 0.4) is 0 Å². The predicted molar refractivity (Wildman–Crippen MR) is 154 cm³/mol. The lowest BCUT2D eigenvalue weighted by Crippen LogP contribution is -2.33. The summed E-state index contributed by atoms with van der Waals surface area (Å²) in [4.78, 5) is 54.6. The van der Waals surface area contributed by atoms with Gasteiger partial charge in [0.05, 0.1) is 27.9 Å². The van der Waals surface area contributed by atoms with Crippen LogP contribution in [0.25, 0.3) is 0 Å². The van der Waals surface area contributed by atoms with Crippen molar-refractivity contribution in [1.29, 1.82) is 0 Å². The summed E-state index contributed by atoms with van der Waals surface area (Å²) in [5, 5.41) is 1.92. The van der Waals surface area contributed by atoms with Crippen LogP contribution in [0.4, 0.5) is 28.9 Å². The number of hydrogen-bond acceptors (Lipinski definition) is 6. The number of amides is 3. The van der Waals surface area contributed by atoms with E-state index in [9.17, 15) is 36.7 Å². The Hall–Kier alpha value is -3.94. The van der Waals surface area contributed by atoms with E-state index in [1.807, 2.05) is 0 Å². The molecule has 0 spiro atoms. The number of hydrogen-bond donors (Lipinski definition) is 1. The highest BCUT2D eigenvalue weighted by molar-refractivity contribution is 8.00. The number of carbonyl (C=O) groups is 3. The molecule has 0 saturated carbocycles. The highest BCUT2D eigenvalue weighted by Gasteiger charge is 2.56. The highest BCUT2D eigenvalue weighted by atomic mass is 35.5. The quantitative estimate of drug-likeness (QED) is 0.207. The minimum absolute atomic E-state index is 0.185. The highest BCUT2D eigenvalue weighted by Crippen LogP contribution is 2.54. The third-order valence-electron chi connectivity index (χ3n) is 7.17. The van der Waals surface area contributed by atoms with Gasteiger partial charge in [-0.05, 0) is 54.1 Å². The summed E-state index contributed by atoms with van der Waals surface area (Å²) in [5.74, 6) is -4.25. The molecule has 2 aliphatic rings. The van der Waals surface area contributed by atoms with Gasteiger partial charge in [0.25, 0.3) is 0 Å². The number of benzene rings is 3. The molecule has 3 heterocycles. The number of alkyl halides is 3. The minimum atomic E-state index is -4.72. The number of nitrogens with one attached hydrogen (secondary N) is 1. The summed E-state index contributed by atoms with van der Waals surface area (Å²) in [5.41, 5.74) is -0.723. The first-order valence-corrected chi connectivity index (χ1v) is 14.8. The Labute approximate surface area is 254 Å². The smallest absolute Gasteiger partial charge is 0.324 e. The maximum absolute atomic E-state index is 13.8. The fourth-order valence-electron chi connectivity index (χ4n) is 5.30. The van der Waals surface area contributed by atoms with Crippen molar-refractivity contribution in [2.24, 2.45) is 5.92 Å². The number of imide groups is 1. The molecule has 1 aromatic heterocycles. The van der Waals surface area contributed by atoms with Gasteiger partial charge in [-0.3, -0.25) is 23.7 Å². The van der Waals surface area contributed by atoms with E-state index in [1.54, 1.807) is 24.3 Å². The molecular formula is C29H18ClF4N3O4S2. The van der Waals surface area contributed by atoms with Gasteiger partial charge in [0, 0.05) is 15.8 Å². The summed E-state index contributed by atoms with van der Waals surface area (Å²) in [7, 11) is 0. The minimum Gasteiger partial charge on any atom is -0.324 e. The van der Waals surface area contributed by atoms with Gasteiger partial charge < -0.3 is 5.32 Å². The van der Waals surface area contributed by atoms with Crippen molar-refractivity contribution in [1.82, 2.24) is 4.57 Å². The lowest BCUT2D eigenvalue weighted by molar-refractivity contribution is -0.137. The van der Waals surface area contributed by atoms with Crippen LogP contribution in [0.1, 0.15) is 21.9 Å². The maximum atomic E-state index is 13.8. The van der Waals surface area contributed by atoms with Gasteiger partial charge in [-0.2, -0.15) is 13.2 Å². The number of thiazole rings is 1. The largest absolute Gasteiger partial charge is 0.418 e. The zero-order valence-corrected chi connectivity index (χ0v) is 24.0. The summed E-state index contributed by atoms with van der Waals surface area (Å²) in [6.07, 6.45) is -4.72. The average Bonchev–Trinajstić information content (AvgIpc) is 3.40. The third-order valence-corrected chi connectivity index (χ3v) is 10.0. The fraction of sp³-hybridized carbons (Fsp3) is 0.172. The van der Waals surface area contributed by atoms with Gasteiger partial charge in [-0.25, -0.2) is 9.29 Å². The number of rotatable bonds is 5. The number of halogens is 5. The molecule has 0 radical (unpaired) electrons. The lowest BCUT2D eigenvalue weighted by atomic mass is 9.83. The topological polar surface area (TPSA) is 88.5 Å². The summed E-state index contributed by atoms with van der Waals surface area (Å²) in [6.45, 7) is -0.627. The van der Waals surface area contributed by atoms with Crippen LogP contribution >= 0.6 is 34.7 Å². The maximum Gasteiger partial charge on any atom is 0.418 e. The van der Waals surface area contributed by atoms with E-state index in [0.717, 1.165) is 56.8 Å². The van der Waals surface area contributed by atoms with Crippen LogP contribution < -0.4 is 15.1 Å². The SMILES string of the molecule is O=C(Cn1c2c(sc1=O)[C@@H](c1ccc(Cl)cc1)[C@@H]1C(=O)N(c3ccc(F)cc3)C(=O)[C@@H]1S2)Nc1ccccc1C(F)(F)F. The first-order chi connectivity index (χ1) is 20.4. The van der Waals surface area contributed by atoms with E-state index in [4.69, 9.17) is 11.6 Å². The fourth-order valence-corrected chi connectivity index (χ4v) is 8.20. The zero-order valence-electron chi connectivity index (χ0n) is 21.6. The lowest BCUT2D eigenvalue weighted by Gasteiger charge is -2.30. The summed E-state index contributed by atoms with van der Waals surface area (Å²) >= 11 is 7.83. The number of anilines is 2. The molecule has 220 valence electrons. The molecule has 2 aliphatic heterocycles. The molecule has 1 saturated heterocycles. The van der Waals surface area contributed by atoms with Gasteiger partial charge in [0.1, 0.15) is 17.6 Å². The molecular weight excluding hydrogens is 630 g/mol. The molecule has 0 bridgehead atoms. The molecule has 7 nitrogen and oxygen atoms in total. The molecule has 6 rings (SSSR count). The summed E-state index contributed by atoms with van der Waals surface area (Å²) in [6, 6.07) is 15.9. The number of fused-ring (bicyclic) bond motifs is 2. The van der Waals surface area contributed by atoms with Gasteiger partial charge in [0.15, 0.2) is 0 Å². The van der Waals surface area contributed by atoms with E-state index in [-0.39, 0.29) is 10.7 Å². The summed E-state index contributed by atoms with van der Waals surface area (Å²) < 4.78 is 55.1. The normalized spacial score (nSPS) is 19.7. The Morgan fingerprint density at radius 1 is 0.930 bits per heavy atom. The van der Waals surface area contributed by atoms with Crippen molar-refractivity contribution >= 4 is 63.8 Å². The number of nitrogens with zero attached hydrogens (tertiary/aromatic N) is 2. The zero-order chi connectivity index (χ0) is 30.6. The van der Waals surface area contributed by atoms with Crippen LogP contribution in [-0.2, 0) is 27.1 Å². The second-order valence-corrected chi connectivity index (χ2v) is 12.4. The number of para-hydroxylation sites is 1. The number of carbonyl (C=O) groups excluding carboxylic acids is 3. The van der Waals surface area contributed by atoms with Crippen molar-refractivity contribution < 1.29 is 31.9 Å². The molecule has 0 unspecified atom stereocenters. The van der Waals surface area contributed by atoms with Crippen LogP contribution in [0.15, 0.2) is 82.6 Å². The predicted octanol–water partition coefficient (Wildman–Crippen LogP) is 6.16. The van der Waals surface area contributed by atoms with Crippen molar-refractivity contribution in [2.45, 2.75) is 28.9 Å². The van der Waals surface area contributed by atoms with Gasteiger partial charge in [-0.15, -0.1) is 0 Å². The molecule has 3 atom stereocenters. The Morgan fingerprint density at radius 3 is 2.28 bits per heavy atom. The Bertz CT molecular complexity index is 1820. The molecule has 0 aliphatic carbocycles.